The van der Waals surface area contributed by atoms with Gasteiger partial charge in [-0.25, -0.2) is 5.01 Å². The Morgan fingerprint density at radius 3 is 2.46 bits per heavy atom. The van der Waals surface area contributed by atoms with Gasteiger partial charge in [-0.2, -0.15) is 13.5 Å². The summed E-state index contributed by atoms with van der Waals surface area (Å²) in [5, 5.41) is 6.03. The molecule has 0 aromatic heterocycles. The van der Waals surface area contributed by atoms with Crippen LogP contribution in [-0.2, 0) is 16.7 Å². The lowest BCUT2D eigenvalue weighted by Gasteiger charge is -2.16. The first-order valence-electron chi connectivity index (χ1n) is 10.7. The Kier molecular flexibility index (Phi) is 9.04. The van der Waals surface area contributed by atoms with Crippen LogP contribution in [0.2, 0.25) is 0 Å². The number of para-hydroxylation sites is 1. The Balaban J connectivity index is 1.60. The van der Waals surface area contributed by atoms with Gasteiger partial charge in [-0.05, 0) is 54.5 Å². The standard InChI is InChI=1S/C25H27N3O5S2/c1-19-15-21(17-22(16-19)33-35(29,30)24-12-7-6-11-23(24)31-2)32-14-8-13-27-28(25(26)34)18-20-9-4-3-5-10-20/h3-7,9-13,15-17H,8,14,18H2,1-2H3,(H2,26,34). The van der Waals surface area contributed by atoms with Crippen molar-refractivity contribution in [3.8, 4) is 17.2 Å². The minimum atomic E-state index is -4.09. The number of rotatable bonds is 11. The Bertz CT molecular complexity index is 1280. The van der Waals surface area contributed by atoms with E-state index in [-0.39, 0.29) is 21.5 Å². The highest BCUT2D eigenvalue weighted by molar-refractivity contribution is 7.87. The molecule has 0 aliphatic rings. The van der Waals surface area contributed by atoms with E-state index in [1.165, 1.54) is 24.3 Å². The number of aryl methyl sites for hydroxylation is 1. The fourth-order valence-corrected chi connectivity index (χ4v) is 4.35. The van der Waals surface area contributed by atoms with Gasteiger partial charge in [0.1, 0.15) is 22.1 Å². The molecule has 0 heterocycles. The van der Waals surface area contributed by atoms with Crippen LogP contribution in [0.5, 0.6) is 17.2 Å². The Morgan fingerprint density at radius 2 is 1.74 bits per heavy atom. The average molecular weight is 514 g/mol. The van der Waals surface area contributed by atoms with E-state index in [1.807, 2.05) is 37.3 Å². The van der Waals surface area contributed by atoms with Crippen LogP contribution in [0.3, 0.4) is 0 Å². The molecular formula is C25H27N3O5S2. The Hall–Kier alpha value is -3.63. The minimum absolute atomic E-state index is 0.0550. The van der Waals surface area contributed by atoms with Crippen molar-refractivity contribution in [2.45, 2.75) is 24.8 Å². The fourth-order valence-electron chi connectivity index (χ4n) is 3.16. The summed E-state index contributed by atoms with van der Waals surface area (Å²) in [6.45, 7) is 2.59. The van der Waals surface area contributed by atoms with Crippen LogP contribution in [0.4, 0.5) is 0 Å². The Morgan fingerprint density at radius 1 is 1.06 bits per heavy atom. The van der Waals surface area contributed by atoms with E-state index in [2.05, 4.69) is 5.10 Å². The summed E-state index contributed by atoms with van der Waals surface area (Å²) < 4.78 is 41.8. The zero-order valence-corrected chi connectivity index (χ0v) is 21.1. The highest BCUT2D eigenvalue weighted by Gasteiger charge is 2.22. The average Bonchev–Trinajstić information content (AvgIpc) is 2.83. The molecule has 0 aliphatic carbocycles. The van der Waals surface area contributed by atoms with Gasteiger partial charge in [-0.3, -0.25) is 0 Å². The van der Waals surface area contributed by atoms with Crippen LogP contribution < -0.4 is 19.4 Å². The molecule has 0 amide bonds. The predicted molar refractivity (Wildman–Crippen MR) is 139 cm³/mol. The van der Waals surface area contributed by atoms with Gasteiger partial charge in [0.25, 0.3) is 0 Å². The SMILES string of the molecule is COc1ccccc1S(=O)(=O)Oc1cc(C)cc(OCCC=NN(Cc2ccccc2)C(N)=S)c1. The molecule has 3 aromatic carbocycles. The zero-order valence-electron chi connectivity index (χ0n) is 19.5. The van der Waals surface area contributed by atoms with E-state index < -0.39 is 10.1 Å². The number of hydrazone groups is 1. The molecule has 184 valence electrons. The lowest BCUT2D eigenvalue weighted by molar-refractivity contribution is 0.327. The molecule has 0 aliphatic heterocycles. The number of methoxy groups -OCH3 is 1. The molecular weight excluding hydrogens is 486 g/mol. The maximum absolute atomic E-state index is 12.8. The molecule has 0 spiro atoms. The topological polar surface area (TPSA) is 103 Å². The molecule has 0 atom stereocenters. The number of hydrogen-bond donors (Lipinski definition) is 1. The van der Waals surface area contributed by atoms with E-state index in [1.54, 1.807) is 36.5 Å². The van der Waals surface area contributed by atoms with Crippen LogP contribution in [0.15, 0.2) is 82.8 Å². The van der Waals surface area contributed by atoms with E-state index in [0.717, 1.165) is 11.1 Å². The summed E-state index contributed by atoms with van der Waals surface area (Å²) in [4.78, 5) is -0.0550. The number of nitrogens with two attached hydrogens (primary N) is 1. The zero-order chi connectivity index (χ0) is 25.3. The first-order chi connectivity index (χ1) is 16.8. The summed E-state index contributed by atoms with van der Waals surface area (Å²) >= 11 is 5.08. The molecule has 0 radical (unpaired) electrons. The molecule has 0 saturated heterocycles. The van der Waals surface area contributed by atoms with Crippen LogP contribution in [0, 0.1) is 6.92 Å². The summed E-state index contributed by atoms with van der Waals surface area (Å²) in [5.74, 6) is 0.815. The van der Waals surface area contributed by atoms with Gasteiger partial charge >= 0.3 is 10.1 Å². The first kappa shape index (κ1) is 26.0. The second-order valence-corrected chi connectivity index (χ2v) is 9.42. The third kappa shape index (κ3) is 7.69. The third-order valence-electron chi connectivity index (χ3n) is 4.73. The fraction of sp³-hybridized carbons (Fsp3) is 0.200. The number of ether oxygens (including phenoxy) is 2. The Labute approximate surface area is 211 Å². The molecule has 35 heavy (non-hydrogen) atoms. The molecule has 0 bridgehead atoms. The van der Waals surface area contributed by atoms with E-state index in [0.29, 0.717) is 25.3 Å². The van der Waals surface area contributed by atoms with Crippen molar-refractivity contribution < 1.29 is 22.1 Å². The third-order valence-corrected chi connectivity index (χ3v) is 6.23. The second kappa shape index (κ2) is 12.2. The van der Waals surface area contributed by atoms with Gasteiger partial charge in [0, 0.05) is 18.7 Å². The van der Waals surface area contributed by atoms with Gasteiger partial charge < -0.3 is 19.4 Å². The largest absolute Gasteiger partial charge is 0.495 e. The van der Waals surface area contributed by atoms with E-state index in [4.69, 9.17) is 31.6 Å². The van der Waals surface area contributed by atoms with Crippen molar-refractivity contribution in [2.75, 3.05) is 13.7 Å². The summed E-state index contributed by atoms with van der Waals surface area (Å²) in [7, 11) is -2.69. The van der Waals surface area contributed by atoms with Crippen molar-refractivity contribution >= 4 is 33.7 Å². The molecule has 10 heteroatoms. The van der Waals surface area contributed by atoms with Crippen molar-refractivity contribution in [3.05, 3.63) is 83.9 Å². The monoisotopic (exact) mass is 513 g/mol. The van der Waals surface area contributed by atoms with Crippen molar-refractivity contribution in [1.29, 1.82) is 0 Å². The lowest BCUT2D eigenvalue weighted by Crippen LogP contribution is -2.30. The van der Waals surface area contributed by atoms with Gasteiger partial charge in [-0.1, -0.05) is 42.5 Å². The maximum atomic E-state index is 12.8. The van der Waals surface area contributed by atoms with Crippen molar-refractivity contribution in [1.82, 2.24) is 5.01 Å². The molecule has 0 unspecified atom stereocenters. The second-order valence-electron chi connectivity index (χ2n) is 7.49. The number of benzene rings is 3. The van der Waals surface area contributed by atoms with Crippen LogP contribution in [0.1, 0.15) is 17.5 Å². The summed E-state index contributed by atoms with van der Waals surface area (Å²) in [6.07, 6.45) is 2.15. The van der Waals surface area contributed by atoms with Crippen LogP contribution in [0.25, 0.3) is 0 Å². The van der Waals surface area contributed by atoms with E-state index >= 15 is 0 Å². The maximum Gasteiger partial charge on any atom is 0.342 e. The smallest absolute Gasteiger partial charge is 0.342 e. The quantitative estimate of drug-likeness (QED) is 0.133. The molecule has 8 nitrogen and oxygen atoms in total. The van der Waals surface area contributed by atoms with E-state index in [9.17, 15) is 8.42 Å². The minimum Gasteiger partial charge on any atom is -0.495 e. The normalized spacial score (nSPS) is 11.3. The number of thiocarbonyl (C=S) groups is 1. The predicted octanol–water partition coefficient (Wildman–Crippen LogP) is 4.27. The van der Waals surface area contributed by atoms with Gasteiger partial charge in [0.05, 0.1) is 20.3 Å². The molecule has 3 rings (SSSR count). The first-order valence-corrected chi connectivity index (χ1v) is 12.6. The van der Waals surface area contributed by atoms with Gasteiger partial charge in [0.2, 0.25) is 0 Å². The highest BCUT2D eigenvalue weighted by Crippen LogP contribution is 2.29. The highest BCUT2D eigenvalue weighted by atomic mass is 32.2. The molecule has 3 aromatic rings. The summed E-state index contributed by atoms with van der Waals surface area (Å²) in [5.41, 5.74) is 7.59. The summed E-state index contributed by atoms with van der Waals surface area (Å²) in [6, 6.07) is 20.9. The number of hydrogen-bond acceptors (Lipinski definition) is 7. The lowest BCUT2D eigenvalue weighted by atomic mass is 10.2. The van der Waals surface area contributed by atoms with Crippen molar-refractivity contribution in [2.24, 2.45) is 10.8 Å². The van der Waals surface area contributed by atoms with Crippen molar-refractivity contribution in [3.63, 3.8) is 0 Å². The van der Waals surface area contributed by atoms with Gasteiger partial charge in [-0.15, -0.1) is 0 Å². The molecule has 0 saturated carbocycles. The van der Waals surface area contributed by atoms with Crippen LogP contribution >= 0.6 is 12.2 Å². The molecule has 2 N–H and O–H groups in total. The number of nitrogens with zero attached hydrogens (tertiary/aromatic N) is 2. The molecule has 0 fully saturated rings. The van der Waals surface area contributed by atoms with Crippen LogP contribution in [-0.4, -0.2) is 38.5 Å². The van der Waals surface area contributed by atoms with Gasteiger partial charge in [0.15, 0.2) is 5.11 Å².